The minimum atomic E-state index is -0.549. The van der Waals surface area contributed by atoms with Gasteiger partial charge in [0.15, 0.2) is 11.5 Å². The molecular formula is C25H29BrN2O5. The molecule has 3 rings (SSSR count). The van der Waals surface area contributed by atoms with Gasteiger partial charge in [0, 0.05) is 30.2 Å². The van der Waals surface area contributed by atoms with E-state index in [2.05, 4.69) is 22.5 Å². The number of para-hydroxylation sites is 1. The van der Waals surface area contributed by atoms with Crippen LogP contribution >= 0.6 is 15.9 Å². The lowest BCUT2D eigenvalue weighted by molar-refractivity contribution is 0.0989. The van der Waals surface area contributed by atoms with E-state index >= 15 is 0 Å². The molecule has 7 nitrogen and oxygen atoms in total. The molecule has 0 atom stereocenters. The normalized spacial score (nSPS) is 13.2. The van der Waals surface area contributed by atoms with Crippen LogP contribution in [0.3, 0.4) is 0 Å². The lowest BCUT2D eigenvalue weighted by Gasteiger charge is -2.23. The number of halogens is 1. The fourth-order valence-electron chi connectivity index (χ4n) is 3.59. The van der Waals surface area contributed by atoms with Crippen LogP contribution in [0.25, 0.3) is 0 Å². The first-order chi connectivity index (χ1) is 16.1. The summed E-state index contributed by atoms with van der Waals surface area (Å²) in [6.45, 7) is 4.76. The molecule has 33 heavy (non-hydrogen) atoms. The number of fused-ring (bicyclic) bond motifs is 1. The zero-order valence-electron chi connectivity index (χ0n) is 18.8. The van der Waals surface area contributed by atoms with Crippen LogP contribution in [-0.2, 0) is 4.74 Å². The van der Waals surface area contributed by atoms with Crippen LogP contribution in [0.5, 0.6) is 11.5 Å². The standard InChI is InChI=1S/C25H29BrN2O5/c1-3-15-33-25(30)28-14-13-27(19-10-6-4-7-11-19)24(29)20-17-22(31-2)23(18-21(20)28)32-16-9-5-8-12-26/h3-4,6-7,10-11,17-18H,1,5,8-9,12-16H2,2H3. The van der Waals surface area contributed by atoms with Gasteiger partial charge in [-0.15, -0.1) is 0 Å². The number of carbonyl (C=O) groups excluding carboxylic acids is 2. The average molecular weight is 517 g/mol. The second-order valence-electron chi connectivity index (χ2n) is 7.43. The third kappa shape index (κ3) is 6.07. The van der Waals surface area contributed by atoms with Gasteiger partial charge in [-0.3, -0.25) is 9.69 Å². The number of alkyl halides is 1. The number of hydrogen-bond acceptors (Lipinski definition) is 5. The summed E-state index contributed by atoms with van der Waals surface area (Å²) >= 11 is 3.43. The van der Waals surface area contributed by atoms with Crippen molar-refractivity contribution in [1.82, 2.24) is 0 Å². The molecule has 176 valence electrons. The second kappa shape index (κ2) is 12.3. The van der Waals surface area contributed by atoms with E-state index < -0.39 is 6.09 Å². The van der Waals surface area contributed by atoms with Crippen molar-refractivity contribution in [2.75, 3.05) is 48.5 Å². The third-order valence-electron chi connectivity index (χ3n) is 5.24. The zero-order chi connectivity index (χ0) is 23.6. The first-order valence-corrected chi connectivity index (χ1v) is 12.1. The fraction of sp³-hybridized carbons (Fsp3) is 0.360. The molecule has 0 spiro atoms. The summed E-state index contributed by atoms with van der Waals surface area (Å²) in [5, 5.41) is 0.955. The minimum Gasteiger partial charge on any atom is -0.493 e. The van der Waals surface area contributed by atoms with Crippen LogP contribution in [0.15, 0.2) is 55.1 Å². The second-order valence-corrected chi connectivity index (χ2v) is 8.22. The highest BCUT2D eigenvalue weighted by molar-refractivity contribution is 9.09. The first-order valence-electron chi connectivity index (χ1n) is 10.9. The topological polar surface area (TPSA) is 68.3 Å². The number of unbranched alkanes of at least 4 members (excludes halogenated alkanes) is 2. The minimum absolute atomic E-state index is 0.0775. The molecule has 1 aliphatic rings. The number of methoxy groups -OCH3 is 1. The summed E-state index contributed by atoms with van der Waals surface area (Å²) in [7, 11) is 1.53. The summed E-state index contributed by atoms with van der Waals surface area (Å²) in [4.78, 5) is 29.6. The van der Waals surface area contributed by atoms with Gasteiger partial charge in [0.2, 0.25) is 0 Å². The molecule has 0 bridgehead atoms. The lowest BCUT2D eigenvalue weighted by Crippen LogP contribution is -2.37. The van der Waals surface area contributed by atoms with Gasteiger partial charge in [0.05, 0.1) is 25.0 Å². The molecule has 0 N–H and O–H groups in total. The molecule has 0 saturated carbocycles. The smallest absolute Gasteiger partial charge is 0.414 e. The van der Waals surface area contributed by atoms with Crippen molar-refractivity contribution < 1.29 is 23.8 Å². The molecule has 0 radical (unpaired) electrons. The Hall–Kier alpha value is -3.00. The first kappa shape index (κ1) is 24.6. The number of benzene rings is 2. The van der Waals surface area contributed by atoms with Crippen LogP contribution in [0.4, 0.5) is 16.2 Å². The SMILES string of the molecule is C=CCOC(=O)N1CCN(c2ccccc2)C(=O)c2cc(OC)c(OCCCCCBr)cc21. The maximum Gasteiger partial charge on any atom is 0.414 e. The van der Waals surface area contributed by atoms with Crippen molar-refractivity contribution in [3.05, 3.63) is 60.7 Å². The summed E-state index contributed by atoms with van der Waals surface area (Å²) in [5.74, 6) is 0.701. The van der Waals surface area contributed by atoms with Crippen molar-refractivity contribution >= 4 is 39.3 Å². The quantitative estimate of drug-likeness (QED) is 0.239. The summed E-state index contributed by atoms with van der Waals surface area (Å²) in [6, 6.07) is 12.7. The Morgan fingerprint density at radius 3 is 2.61 bits per heavy atom. The number of nitrogens with zero attached hydrogens (tertiary/aromatic N) is 2. The number of amides is 2. The van der Waals surface area contributed by atoms with Crippen LogP contribution in [0.1, 0.15) is 29.6 Å². The molecule has 0 aliphatic carbocycles. The number of carbonyl (C=O) groups is 2. The van der Waals surface area contributed by atoms with E-state index in [-0.39, 0.29) is 19.1 Å². The molecule has 2 aromatic rings. The number of hydrogen-bond donors (Lipinski definition) is 0. The van der Waals surface area contributed by atoms with Gasteiger partial charge >= 0.3 is 6.09 Å². The molecule has 0 saturated heterocycles. The Morgan fingerprint density at radius 1 is 1.12 bits per heavy atom. The summed E-state index contributed by atoms with van der Waals surface area (Å²) in [5.41, 5.74) is 1.53. The Morgan fingerprint density at radius 2 is 1.91 bits per heavy atom. The molecule has 0 aromatic heterocycles. The monoisotopic (exact) mass is 516 g/mol. The van der Waals surface area contributed by atoms with Gasteiger partial charge in [-0.2, -0.15) is 0 Å². The van der Waals surface area contributed by atoms with Gasteiger partial charge in [-0.05, 0) is 37.5 Å². The van der Waals surface area contributed by atoms with E-state index in [0.29, 0.717) is 35.9 Å². The van der Waals surface area contributed by atoms with E-state index in [9.17, 15) is 9.59 Å². The molecule has 0 unspecified atom stereocenters. The lowest BCUT2D eigenvalue weighted by atomic mass is 10.1. The average Bonchev–Trinajstić information content (AvgIpc) is 2.98. The van der Waals surface area contributed by atoms with Crippen molar-refractivity contribution in [2.45, 2.75) is 19.3 Å². The van der Waals surface area contributed by atoms with Crippen LogP contribution in [0, 0.1) is 0 Å². The molecule has 1 heterocycles. The van der Waals surface area contributed by atoms with E-state index in [0.717, 1.165) is 30.3 Å². The van der Waals surface area contributed by atoms with Crippen molar-refractivity contribution in [3.8, 4) is 11.5 Å². The van der Waals surface area contributed by atoms with Crippen LogP contribution in [-0.4, -0.2) is 50.7 Å². The molecule has 0 fully saturated rings. The maximum atomic E-state index is 13.6. The summed E-state index contributed by atoms with van der Waals surface area (Å²) in [6.07, 6.45) is 3.94. The van der Waals surface area contributed by atoms with Gasteiger partial charge in [-0.1, -0.05) is 46.8 Å². The molecular weight excluding hydrogens is 488 g/mol. The maximum absolute atomic E-state index is 13.6. The predicted molar refractivity (Wildman–Crippen MR) is 133 cm³/mol. The molecule has 1 aliphatic heterocycles. The highest BCUT2D eigenvalue weighted by Gasteiger charge is 2.32. The van der Waals surface area contributed by atoms with Crippen molar-refractivity contribution in [1.29, 1.82) is 0 Å². The van der Waals surface area contributed by atoms with Crippen LogP contribution in [0.2, 0.25) is 0 Å². The van der Waals surface area contributed by atoms with Gasteiger partial charge in [0.25, 0.3) is 5.91 Å². The Bertz CT molecular complexity index is 967. The largest absolute Gasteiger partial charge is 0.493 e. The van der Waals surface area contributed by atoms with E-state index in [1.165, 1.54) is 18.1 Å². The fourth-order valence-corrected chi connectivity index (χ4v) is 3.99. The number of rotatable bonds is 10. The number of anilines is 2. The van der Waals surface area contributed by atoms with Crippen LogP contribution < -0.4 is 19.3 Å². The Kier molecular flexibility index (Phi) is 9.18. The van der Waals surface area contributed by atoms with E-state index in [4.69, 9.17) is 14.2 Å². The van der Waals surface area contributed by atoms with E-state index in [1.807, 2.05) is 30.3 Å². The number of ether oxygens (including phenoxy) is 3. The zero-order valence-corrected chi connectivity index (χ0v) is 20.4. The highest BCUT2D eigenvalue weighted by Crippen LogP contribution is 2.38. The van der Waals surface area contributed by atoms with Crippen molar-refractivity contribution in [3.63, 3.8) is 0 Å². The van der Waals surface area contributed by atoms with Gasteiger partial charge in [0.1, 0.15) is 6.61 Å². The van der Waals surface area contributed by atoms with Crippen molar-refractivity contribution in [2.24, 2.45) is 0 Å². The van der Waals surface area contributed by atoms with Gasteiger partial charge in [-0.25, -0.2) is 4.79 Å². The third-order valence-corrected chi connectivity index (χ3v) is 5.80. The molecule has 2 aromatic carbocycles. The predicted octanol–water partition coefficient (Wildman–Crippen LogP) is 5.43. The summed E-state index contributed by atoms with van der Waals surface area (Å²) < 4.78 is 16.8. The molecule has 2 amide bonds. The van der Waals surface area contributed by atoms with E-state index in [1.54, 1.807) is 17.0 Å². The Balaban J connectivity index is 1.99. The molecule has 8 heteroatoms. The van der Waals surface area contributed by atoms with Gasteiger partial charge < -0.3 is 19.1 Å². The Labute approximate surface area is 203 Å². The highest BCUT2D eigenvalue weighted by atomic mass is 79.9.